The van der Waals surface area contributed by atoms with Crippen molar-refractivity contribution in [1.29, 1.82) is 0 Å². The van der Waals surface area contributed by atoms with Gasteiger partial charge < -0.3 is 19.7 Å². The molecule has 2 rings (SSSR count). The molecule has 1 aliphatic heterocycles. The molecule has 5 nitrogen and oxygen atoms in total. The molecule has 0 bridgehead atoms. The first kappa shape index (κ1) is 20.6. The lowest BCUT2D eigenvalue weighted by Crippen LogP contribution is -2.50. The highest BCUT2D eigenvalue weighted by Gasteiger charge is 2.28. The Morgan fingerprint density at radius 1 is 1.35 bits per heavy atom. The van der Waals surface area contributed by atoms with E-state index in [0.29, 0.717) is 6.54 Å². The van der Waals surface area contributed by atoms with Crippen molar-refractivity contribution in [2.75, 3.05) is 32.8 Å². The van der Waals surface area contributed by atoms with Crippen LogP contribution in [0.25, 0.3) is 0 Å². The zero-order valence-corrected chi connectivity index (χ0v) is 16.4. The number of hydrogen-bond acceptors (Lipinski definition) is 3. The first-order chi connectivity index (χ1) is 12.5. The van der Waals surface area contributed by atoms with Gasteiger partial charge in [-0.3, -0.25) is 4.99 Å². The fourth-order valence-corrected chi connectivity index (χ4v) is 2.98. The molecule has 1 aromatic rings. The fourth-order valence-electron chi connectivity index (χ4n) is 2.98. The largest absolute Gasteiger partial charge is 0.379 e. The van der Waals surface area contributed by atoms with Crippen molar-refractivity contribution < 1.29 is 13.9 Å². The molecule has 1 fully saturated rings. The number of ether oxygens (including phenoxy) is 2. The lowest BCUT2D eigenvalue weighted by molar-refractivity contribution is -0.0605. The van der Waals surface area contributed by atoms with Crippen molar-refractivity contribution in [2.45, 2.75) is 52.4 Å². The molecule has 1 N–H and O–H groups in total. The standard InChI is InChI=1S/C20H32FN3O2/c1-5-22-20(23-11-6-12-25-15(2)3)24-13-16(4)26-19(14-24)17-7-9-18(21)10-8-17/h7-10,15-16,19H,5-6,11-14H2,1-4H3,(H,22,23). The fraction of sp³-hybridized carbons (Fsp3) is 0.650. The Bertz CT molecular complexity index is 563. The van der Waals surface area contributed by atoms with Crippen LogP contribution in [0.15, 0.2) is 29.3 Å². The van der Waals surface area contributed by atoms with Gasteiger partial charge in [0.25, 0.3) is 0 Å². The highest BCUT2D eigenvalue weighted by molar-refractivity contribution is 5.80. The van der Waals surface area contributed by atoms with Crippen molar-refractivity contribution in [3.8, 4) is 0 Å². The van der Waals surface area contributed by atoms with Gasteiger partial charge in [0.1, 0.15) is 11.9 Å². The van der Waals surface area contributed by atoms with Gasteiger partial charge in [-0.15, -0.1) is 0 Å². The van der Waals surface area contributed by atoms with Gasteiger partial charge in [0, 0.05) is 26.2 Å². The number of benzene rings is 1. The molecule has 1 heterocycles. The van der Waals surface area contributed by atoms with E-state index < -0.39 is 0 Å². The molecule has 1 aliphatic rings. The third-order valence-electron chi connectivity index (χ3n) is 4.15. The molecule has 0 amide bonds. The molecule has 26 heavy (non-hydrogen) atoms. The van der Waals surface area contributed by atoms with Gasteiger partial charge in [-0.05, 0) is 51.8 Å². The Kier molecular flexibility index (Phi) is 8.32. The second-order valence-corrected chi connectivity index (χ2v) is 6.90. The maximum Gasteiger partial charge on any atom is 0.194 e. The molecule has 2 unspecified atom stereocenters. The van der Waals surface area contributed by atoms with Crippen LogP contribution in [0.5, 0.6) is 0 Å². The van der Waals surface area contributed by atoms with Gasteiger partial charge >= 0.3 is 0 Å². The lowest BCUT2D eigenvalue weighted by Gasteiger charge is -2.38. The molecule has 1 saturated heterocycles. The number of nitrogens with one attached hydrogen (secondary N) is 1. The van der Waals surface area contributed by atoms with E-state index in [4.69, 9.17) is 14.5 Å². The molecule has 0 aliphatic carbocycles. The minimum absolute atomic E-state index is 0.0759. The molecule has 146 valence electrons. The molecule has 6 heteroatoms. The van der Waals surface area contributed by atoms with E-state index in [0.717, 1.165) is 44.2 Å². The molecule has 0 saturated carbocycles. The Morgan fingerprint density at radius 2 is 2.08 bits per heavy atom. The van der Waals surface area contributed by atoms with Crippen LogP contribution in [-0.4, -0.2) is 55.9 Å². The molecule has 1 aromatic carbocycles. The predicted octanol–water partition coefficient (Wildman–Crippen LogP) is 3.37. The third-order valence-corrected chi connectivity index (χ3v) is 4.15. The zero-order chi connectivity index (χ0) is 18.9. The molecule has 0 aromatic heterocycles. The van der Waals surface area contributed by atoms with E-state index in [-0.39, 0.29) is 24.1 Å². The van der Waals surface area contributed by atoms with Crippen LogP contribution in [0.2, 0.25) is 0 Å². The second-order valence-electron chi connectivity index (χ2n) is 6.90. The number of morpholine rings is 1. The van der Waals surface area contributed by atoms with E-state index in [1.54, 1.807) is 12.1 Å². The Balaban J connectivity index is 2.00. The number of halogens is 1. The van der Waals surface area contributed by atoms with Crippen LogP contribution in [0, 0.1) is 5.82 Å². The smallest absolute Gasteiger partial charge is 0.194 e. The summed E-state index contributed by atoms with van der Waals surface area (Å²) in [5, 5.41) is 3.37. The lowest BCUT2D eigenvalue weighted by atomic mass is 10.1. The maximum absolute atomic E-state index is 13.2. The quantitative estimate of drug-likeness (QED) is 0.457. The number of nitrogens with zero attached hydrogens (tertiary/aromatic N) is 2. The minimum Gasteiger partial charge on any atom is -0.379 e. The summed E-state index contributed by atoms with van der Waals surface area (Å²) < 4.78 is 24.8. The SMILES string of the molecule is CCNC(=NCCCOC(C)C)N1CC(C)OC(c2ccc(F)cc2)C1. The van der Waals surface area contributed by atoms with Gasteiger partial charge in [-0.2, -0.15) is 0 Å². The van der Waals surface area contributed by atoms with Crippen LogP contribution in [0.4, 0.5) is 4.39 Å². The van der Waals surface area contributed by atoms with Crippen LogP contribution in [0.3, 0.4) is 0 Å². The van der Waals surface area contributed by atoms with Crippen molar-refractivity contribution >= 4 is 5.96 Å². The molecule has 0 radical (unpaired) electrons. The molecule has 2 atom stereocenters. The van der Waals surface area contributed by atoms with Crippen molar-refractivity contribution in [3.63, 3.8) is 0 Å². The van der Waals surface area contributed by atoms with E-state index in [1.807, 2.05) is 13.8 Å². The van der Waals surface area contributed by atoms with Gasteiger partial charge in [-0.1, -0.05) is 12.1 Å². The summed E-state index contributed by atoms with van der Waals surface area (Å²) >= 11 is 0. The Hall–Kier alpha value is -1.66. The van der Waals surface area contributed by atoms with Crippen molar-refractivity contribution in [1.82, 2.24) is 10.2 Å². The van der Waals surface area contributed by atoms with Crippen molar-refractivity contribution in [3.05, 3.63) is 35.6 Å². The van der Waals surface area contributed by atoms with Gasteiger partial charge in [-0.25, -0.2) is 4.39 Å². The first-order valence-electron chi connectivity index (χ1n) is 9.55. The maximum atomic E-state index is 13.2. The molecular weight excluding hydrogens is 333 g/mol. The van der Waals surface area contributed by atoms with Crippen LogP contribution >= 0.6 is 0 Å². The summed E-state index contributed by atoms with van der Waals surface area (Å²) in [6.45, 7) is 11.9. The summed E-state index contributed by atoms with van der Waals surface area (Å²) in [6.07, 6.45) is 1.14. The average Bonchev–Trinajstić information content (AvgIpc) is 2.60. The number of hydrogen-bond donors (Lipinski definition) is 1. The van der Waals surface area contributed by atoms with Crippen LogP contribution in [0.1, 0.15) is 45.8 Å². The number of rotatable bonds is 7. The van der Waals surface area contributed by atoms with E-state index in [1.165, 1.54) is 12.1 Å². The van der Waals surface area contributed by atoms with Gasteiger partial charge in [0.15, 0.2) is 5.96 Å². The second kappa shape index (κ2) is 10.5. The summed E-state index contributed by atoms with van der Waals surface area (Å²) in [7, 11) is 0. The van der Waals surface area contributed by atoms with Crippen LogP contribution < -0.4 is 5.32 Å². The molecular formula is C20H32FN3O2. The summed E-state index contributed by atoms with van der Waals surface area (Å²) in [5.41, 5.74) is 0.990. The normalized spacial score (nSPS) is 21.3. The zero-order valence-electron chi connectivity index (χ0n) is 16.4. The number of aliphatic imine (C=N–C) groups is 1. The van der Waals surface area contributed by atoms with Gasteiger partial charge in [0.2, 0.25) is 0 Å². The average molecular weight is 365 g/mol. The third kappa shape index (κ3) is 6.57. The topological polar surface area (TPSA) is 46.1 Å². The van der Waals surface area contributed by atoms with E-state index >= 15 is 0 Å². The Labute approximate surface area is 156 Å². The summed E-state index contributed by atoms with van der Waals surface area (Å²) in [6, 6.07) is 6.56. The highest BCUT2D eigenvalue weighted by atomic mass is 19.1. The minimum atomic E-state index is -0.229. The highest BCUT2D eigenvalue weighted by Crippen LogP contribution is 2.25. The summed E-state index contributed by atoms with van der Waals surface area (Å²) in [5.74, 6) is 0.673. The van der Waals surface area contributed by atoms with E-state index in [2.05, 4.69) is 24.1 Å². The Morgan fingerprint density at radius 3 is 2.73 bits per heavy atom. The summed E-state index contributed by atoms with van der Waals surface area (Å²) in [4.78, 5) is 6.98. The number of guanidine groups is 1. The predicted molar refractivity (Wildman–Crippen MR) is 103 cm³/mol. The van der Waals surface area contributed by atoms with Crippen molar-refractivity contribution in [2.24, 2.45) is 4.99 Å². The van der Waals surface area contributed by atoms with Crippen LogP contribution in [-0.2, 0) is 9.47 Å². The first-order valence-corrected chi connectivity index (χ1v) is 9.55. The van der Waals surface area contributed by atoms with E-state index in [9.17, 15) is 4.39 Å². The monoisotopic (exact) mass is 365 g/mol. The van der Waals surface area contributed by atoms with Gasteiger partial charge in [0.05, 0.1) is 18.8 Å². The molecule has 0 spiro atoms.